The third-order valence-corrected chi connectivity index (χ3v) is 5.36. The summed E-state index contributed by atoms with van der Waals surface area (Å²) in [5.41, 5.74) is -0.884. The summed E-state index contributed by atoms with van der Waals surface area (Å²) in [6, 6.07) is 15.1. The predicted octanol–water partition coefficient (Wildman–Crippen LogP) is 6.73. The van der Waals surface area contributed by atoms with Crippen LogP contribution in [0.2, 0.25) is 5.02 Å². The van der Waals surface area contributed by atoms with Gasteiger partial charge >= 0.3 is 6.18 Å². The Morgan fingerprint density at radius 1 is 0.912 bits per heavy atom. The van der Waals surface area contributed by atoms with Crippen molar-refractivity contribution in [2.75, 3.05) is 14.2 Å². The first kappa shape index (κ1) is 23.5. The summed E-state index contributed by atoms with van der Waals surface area (Å²) in [6.45, 7) is 0.156. The molecule has 3 aromatic carbocycles. The lowest BCUT2D eigenvalue weighted by Crippen LogP contribution is -2.16. The largest absolute Gasteiger partial charge is 0.493 e. The zero-order valence-corrected chi connectivity index (χ0v) is 18.8. The molecule has 0 amide bonds. The lowest BCUT2D eigenvalue weighted by Gasteiger charge is -2.15. The van der Waals surface area contributed by atoms with E-state index in [1.54, 1.807) is 24.3 Å². The molecule has 0 N–H and O–H groups in total. The highest BCUT2D eigenvalue weighted by molar-refractivity contribution is 6.30. The highest BCUT2D eigenvalue weighted by Crippen LogP contribution is 2.40. The topological polar surface area (TPSA) is 57.9 Å². The predicted molar refractivity (Wildman–Crippen MR) is 122 cm³/mol. The summed E-state index contributed by atoms with van der Waals surface area (Å²) in [6.07, 6.45) is -4.92. The molecule has 1 heterocycles. The van der Waals surface area contributed by atoms with E-state index in [0.717, 1.165) is 5.56 Å². The zero-order chi connectivity index (χ0) is 24.5. The van der Waals surface area contributed by atoms with Gasteiger partial charge in [-0.25, -0.2) is 0 Å². The molecule has 5 nitrogen and oxygen atoms in total. The van der Waals surface area contributed by atoms with Crippen molar-refractivity contribution in [2.24, 2.45) is 0 Å². The van der Waals surface area contributed by atoms with Crippen LogP contribution < -0.4 is 19.6 Å². The molecule has 0 fully saturated rings. The molecule has 0 unspecified atom stereocenters. The fourth-order valence-corrected chi connectivity index (χ4v) is 3.59. The first-order valence-electron chi connectivity index (χ1n) is 9.99. The van der Waals surface area contributed by atoms with Crippen molar-refractivity contribution in [1.29, 1.82) is 0 Å². The number of hydrogen-bond acceptors (Lipinski definition) is 5. The van der Waals surface area contributed by atoms with Crippen LogP contribution in [-0.4, -0.2) is 14.2 Å². The molecule has 0 aliphatic carbocycles. The van der Waals surface area contributed by atoms with Crippen molar-refractivity contribution in [1.82, 2.24) is 0 Å². The third kappa shape index (κ3) is 4.68. The Morgan fingerprint density at radius 3 is 2.26 bits per heavy atom. The second-order valence-electron chi connectivity index (χ2n) is 7.28. The van der Waals surface area contributed by atoms with E-state index in [4.69, 9.17) is 30.2 Å². The van der Waals surface area contributed by atoms with Gasteiger partial charge in [0.1, 0.15) is 17.9 Å². The van der Waals surface area contributed by atoms with Crippen LogP contribution in [0.4, 0.5) is 13.2 Å². The number of methoxy groups -OCH3 is 2. The number of ether oxygens (including phenoxy) is 3. The number of halogens is 4. The van der Waals surface area contributed by atoms with Crippen molar-refractivity contribution in [3.8, 4) is 28.4 Å². The molecule has 0 aliphatic rings. The van der Waals surface area contributed by atoms with Crippen LogP contribution in [0.1, 0.15) is 11.3 Å². The fourth-order valence-electron chi connectivity index (χ4n) is 3.46. The molecule has 0 saturated carbocycles. The Bertz CT molecular complexity index is 1400. The smallest absolute Gasteiger partial charge is 0.450 e. The van der Waals surface area contributed by atoms with Gasteiger partial charge in [0.15, 0.2) is 11.5 Å². The first-order chi connectivity index (χ1) is 16.2. The van der Waals surface area contributed by atoms with Gasteiger partial charge in [-0.2, -0.15) is 13.2 Å². The number of hydrogen-bond donors (Lipinski definition) is 0. The Hall–Kier alpha value is -3.65. The summed E-state index contributed by atoms with van der Waals surface area (Å²) in [5.74, 6) is -0.671. The fraction of sp³-hybridized carbons (Fsp3) is 0.160. The molecular formula is C25H18ClF3O5. The lowest BCUT2D eigenvalue weighted by atomic mass is 10.0. The molecule has 34 heavy (non-hydrogen) atoms. The lowest BCUT2D eigenvalue weighted by molar-refractivity contribution is -0.152. The van der Waals surface area contributed by atoms with E-state index in [0.29, 0.717) is 10.8 Å². The standard InChI is InChI=1S/C25H18ClF3O5/c1-31-19-10-5-15(11-21(19)32-2)22-23(30)18-9-8-17(12-20(18)34-24(22)25(27,28)29)33-13-14-3-6-16(26)7-4-14/h3-12H,13H2,1-2H3. The van der Waals surface area contributed by atoms with Crippen LogP contribution in [0.25, 0.3) is 22.1 Å². The Kier molecular flexibility index (Phi) is 6.43. The number of alkyl halides is 3. The van der Waals surface area contributed by atoms with Crippen LogP contribution in [0, 0.1) is 0 Å². The van der Waals surface area contributed by atoms with Crippen LogP contribution in [0.5, 0.6) is 17.2 Å². The zero-order valence-electron chi connectivity index (χ0n) is 18.0. The number of rotatable bonds is 6. The van der Waals surface area contributed by atoms with Gasteiger partial charge in [-0.05, 0) is 47.5 Å². The summed E-state index contributed by atoms with van der Waals surface area (Å²) in [5, 5.41) is 0.554. The summed E-state index contributed by atoms with van der Waals surface area (Å²) >= 11 is 5.86. The van der Waals surface area contributed by atoms with Crippen molar-refractivity contribution in [3.05, 3.63) is 87.2 Å². The normalized spacial score (nSPS) is 11.5. The SMILES string of the molecule is COc1ccc(-c2c(C(F)(F)F)oc3cc(OCc4ccc(Cl)cc4)ccc3c2=O)cc1OC. The maximum Gasteiger partial charge on any atom is 0.450 e. The van der Waals surface area contributed by atoms with E-state index >= 15 is 0 Å². The minimum Gasteiger partial charge on any atom is -0.493 e. The van der Waals surface area contributed by atoms with Gasteiger partial charge in [-0.1, -0.05) is 29.8 Å². The summed E-state index contributed by atoms with van der Waals surface area (Å²) in [4.78, 5) is 13.2. The molecule has 1 aromatic heterocycles. The van der Waals surface area contributed by atoms with Gasteiger partial charge in [0, 0.05) is 11.1 Å². The van der Waals surface area contributed by atoms with Crippen molar-refractivity contribution in [3.63, 3.8) is 0 Å². The highest BCUT2D eigenvalue weighted by Gasteiger charge is 2.39. The molecule has 0 atom stereocenters. The van der Waals surface area contributed by atoms with E-state index in [1.807, 2.05) is 0 Å². The Labute approximate surface area is 197 Å². The summed E-state index contributed by atoms with van der Waals surface area (Å²) in [7, 11) is 2.75. The number of fused-ring (bicyclic) bond motifs is 1. The molecule has 0 aliphatic heterocycles. The summed E-state index contributed by atoms with van der Waals surface area (Å²) < 4.78 is 63.0. The average molecular weight is 491 g/mol. The highest BCUT2D eigenvalue weighted by atomic mass is 35.5. The molecule has 0 saturated heterocycles. The molecular weight excluding hydrogens is 473 g/mol. The van der Waals surface area contributed by atoms with Crippen LogP contribution >= 0.6 is 11.6 Å². The Balaban J connectivity index is 1.80. The second kappa shape index (κ2) is 9.30. The van der Waals surface area contributed by atoms with Crippen molar-refractivity contribution in [2.45, 2.75) is 12.8 Å². The molecule has 0 spiro atoms. The van der Waals surface area contributed by atoms with Gasteiger partial charge in [0.2, 0.25) is 11.2 Å². The van der Waals surface area contributed by atoms with Crippen LogP contribution in [-0.2, 0) is 12.8 Å². The Morgan fingerprint density at radius 2 is 1.62 bits per heavy atom. The van der Waals surface area contributed by atoms with E-state index in [2.05, 4.69) is 0 Å². The quantitative estimate of drug-likeness (QED) is 0.300. The molecule has 4 rings (SSSR count). The molecule has 0 bridgehead atoms. The third-order valence-electron chi connectivity index (χ3n) is 5.11. The number of benzene rings is 3. The second-order valence-corrected chi connectivity index (χ2v) is 7.71. The molecule has 176 valence electrons. The molecule has 0 radical (unpaired) electrons. The van der Waals surface area contributed by atoms with E-state index < -0.39 is 22.9 Å². The van der Waals surface area contributed by atoms with Crippen molar-refractivity contribution >= 4 is 22.6 Å². The maximum absolute atomic E-state index is 13.9. The van der Waals surface area contributed by atoms with E-state index in [9.17, 15) is 18.0 Å². The van der Waals surface area contributed by atoms with Crippen LogP contribution in [0.15, 0.2) is 69.9 Å². The van der Waals surface area contributed by atoms with E-state index in [1.165, 1.54) is 50.6 Å². The van der Waals surface area contributed by atoms with Gasteiger partial charge in [-0.15, -0.1) is 0 Å². The van der Waals surface area contributed by atoms with Crippen LogP contribution in [0.3, 0.4) is 0 Å². The average Bonchev–Trinajstić information content (AvgIpc) is 2.82. The van der Waals surface area contributed by atoms with Gasteiger partial charge in [-0.3, -0.25) is 4.79 Å². The minimum absolute atomic E-state index is 0.0105. The monoisotopic (exact) mass is 490 g/mol. The van der Waals surface area contributed by atoms with E-state index in [-0.39, 0.29) is 34.6 Å². The van der Waals surface area contributed by atoms with Gasteiger partial charge < -0.3 is 18.6 Å². The van der Waals surface area contributed by atoms with Gasteiger partial charge in [0.05, 0.1) is 25.2 Å². The van der Waals surface area contributed by atoms with Crippen molar-refractivity contribution < 1.29 is 31.8 Å². The first-order valence-corrected chi connectivity index (χ1v) is 10.4. The molecule has 9 heteroatoms. The van der Waals surface area contributed by atoms with Gasteiger partial charge in [0.25, 0.3) is 0 Å². The molecule has 4 aromatic rings. The minimum atomic E-state index is -4.92. The maximum atomic E-state index is 13.9.